The number of aromatic nitrogens is 2. The molecule has 0 amide bonds. The highest BCUT2D eigenvalue weighted by Crippen LogP contribution is 2.21. The number of hydrogen-bond acceptors (Lipinski definition) is 4. The van der Waals surface area contributed by atoms with Crippen molar-refractivity contribution in [2.75, 3.05) is 0 Å². The average molecular weight is 300 g/mol. The summed E-state index contributed by atoms with van der Waals surface area (Å²) in [6.45, 7) is -0.145. The van der Waals surface area contributed by atoms with E-state index in [1.807, 2.05) is 0 Å². The van der Waals surface area contributed by atoms with E-state index in [0.29, 0.717) is 5.02 Å². The van der Waals surface area contributed by atoms with E-state index >= 15 is 0 Å². The first-order valence-electron chi connectivity index (χ1n) is 5.12. The molecule has 1 aromatic heterocycles. The number of nitrogens with zero attached hydrogens (tertiary/aromatic N) is 3. The van der Waals surface area contributed by atoms with Gasteiger partial charge in [0.15, 0.2) is 5.78 Å². The summed E-state index contributed by atoms with van der Waals surface area (Å²) in [5.41, 5.74) is 0.0808. The van der Waals surface area contributed by atoms with Crippen molar-refractivity contribution in [2.45, 2.75) is 6.54 Å². The molecule has 6 nitrogen and oxygen atoms in total. The SMILES string of the molecule is O=C(Cn1cc([N+](=O)[O-])cn1)c1cc(Cl)ccc1Cl. The number of halogens is 2. The molecule has 0 fully saturated rings. The summed E-state index contributed by atoms with van der Waals surface area (Å²) < 4.78 is 1.18. The van der Waals surface area contributed by atoms with Crippen LogP contribution in [0.2, 0.25) is 10.0 Å². The Morgan fingerprint density at radius 2 is 2.16 bits per heavy atom. The van der Waals surface area contributed by atoms with Gasteiger partial charge in [-0.3, -0.25) is 19.6 Å². The zero-order valence-corrected chi connectivity index (χ0v) is 10.9. The Bertz CT molecular complexity index is 654. The van der Waals surface area contributed by atoms with Gasteiger partial charge in [-0.1, -0.05) is 23.2 Å². The van der Waals surface area contributed by atoms with Crippen LogP contribution in [-0.2, 0) is 6.54 Å². The van der Waals surface area contributed by atoms with Gasteiger partial charge >= 0.3 is 5.69 Å². The van der Waals surface area contributed by atoms with Gasteiger partial charge in [0, 0.05) is 10.6 Å². The van der Waals surface area contributed by atoms with E-state index in [4.69, 9.17) is 23.2 Å². The number of carbonyl (C=O) groups is 1. The van der Waals surface area contributed by atoms with Crippen LogP contribution in [0, 0.1) is 10.1 Å². The maximum Gasteiger partial charge on any atom is 0.307 e. The lowest BCUT2D eigenvalue weighted by Gasteiger charge is -2.04. The maximum atomic E-state index is 12.0. The quantitative estimate of drug-likeness (QED) is 0.494. The molecular formula is C11H7Cl2N3O3. The Balaban J connectivity index is 2.20. The molecule has 0 atom stereocenters. The Kier molecular flexibility index (Phi) is 3.82. The van der Waals surface area contributed by atoms with E-state index in [0.717, 1.165) is 6.20 Å². The van der Waals surface area contributed by atoms with E-state index in [9.17, 15) is 14.9 Å². The van der Waals surface area contributed by atoms with E-state index in [-0.39, 0.29) is 28.6 Å². The average Bonchev–Trinajstić information content (AvgIpc) is 2.80. The van der Waals surface area contributed by atoms with Crippen LogP contribution in [0.5, 0.6) is 0 Å². The third kappa shape index (κ3) is 3.10. The Morgan fingerprint density at radius 1 is 1.42 bits per heavy atom. The molecule has 0 saturated carbocycles. The molecule has 0 spiro atoms. The zero-order chi connectivity index (χ0) is 14.0. The second kappa shape index (κ2) is 5.38. The first-order valence-corrected chi connectivity index (χ1v) is 5.88. The van der Waals surface area contributed by atoms with Crippen LogP contribution in [0.3, 0.4) is 0 Å². The van der Waals surface area contributed by atoms with Crippen LogP contribution in [0.1, 0.15) is 10.4 Å². The van der Waals surface area contributed by atoms with Crippen molar-refractivity contribution in [2.24, 2.45) is 0 Å². The van der Waals surface area contributed by atoms with Crippen LogP contribution >= 0.6 is 23.2 Å². The van der Waals surface area contributed by atoms with E-state index in [1.165, 1.54) is 23.0 Å². The molecule has 0 radical (unpaired) electrons. The predicted octanol–water partition coefficient (Wildman–Crippen LogP) is 2.98. The molecule has 1 heterocycles. The van der Waals surface area contributed by atoms with Gasteiger partial charge in [0.05, 0.1) is 9.95 Å². The normalized spacial score (nSPS) is 10.4. The van der Waals surface area contributed by atoms with Crippen LogP contribution in [-0.4, -0.2) is 20.5 Å². The standard InChI is InChI=1S/C11H7Cl2N3O3/c12-7-1-2-10(13)9(3-7)11(17)6-15-5-8(4-14-15)16(18)19/h1-5H,6H2. The lowest BCUT2D eigenvalue weighted by Crippen LogP contribution is -2.11. The van der Waals surface area contributed by atoms with Crippen molar-refractivity contribution in [1.82, 2.24) is 9.78 Å². The number of nitro groups is 1. The van der Waals surface area contributed by atoms with E-state index in [2.05, 4.69) is 5.10 Å². The third-order valence-electron chi connectivity index (χ3n) is 2.36. The summed E-state index contributed by atoms with van der Waals surface area (Å²) in [6.07, 6.45) is 2.25. The molecule has 8 heteroatoms. The van der Waals surface area contributed by atoms with Crippen molar-refractivity contribution in [3.05, 3.63) is 56.3 Å². The van der Waals surface area contributed by atoms with Crippen LogP contribution < -0.4 is 0 Å². The van der Waals surface area contributed by atoms with Crippen LogP contribution in [0.25, 0.3) is 0 Å². The van der Waals surface area contributed by atoms with Gasteiger partial charge in [-0.15, -0.1) is 0 Å². The van der Waals surface area contributed by atoms with Crippen molar-refractivity contribution in [3.8, 4) is 0 Å². The number of benzene rings is 1. The van der Waals surface area contributed by atoms with Crippen molar-refractivity contribution in [3.63, 3.8) is 0 Å². The molecule has 0 aliphatic heterocycles. The van der Waals surface area contributed by atoms with Crippen molar-refractivity contribution in [1.29, 1.82) is 0 Å². The molecule has 0 N–H and O–H groups in total. The topological polar surface area (TPSA) is 78.0 Å². The lowest BCUT2D eigenvalue weighted by molar-refractivity contribution is -0.385. The molecule has 0 unspecified atom stereocenters. The highest BCUT2D eigenvalue weighted by atomic mass is 35.5. The molecule has 19 heavy (non-hydrogen) atoms. The number of rotatable bonds is 4. The molecule has 0 aliphatic carbocycles. The molecule has 1 aromatic carbocycles. The Hall–Kier alpha value is -1.92. The van der Waals surface area contributed by atoms with Gasteiger partial charge in [-0.2, -0.15) is 5.10 Å². The largest absolute Gasteiger partial charge is 0.307 e. The fraction of sp³-hybridized carbons (Fsp3) is 0.0909. The molecular weight excluding hydrogens is 293 g/mol. The number of carbonyl (C=O) groups excluding carboxylic acids is 1. The third-order valence-corrected chi connectivity index (χ3v) is 2.93. The summed E-state index contributed by atoms with van der Waals surface area (Å²) in [4.78, 5) is 21.9. The highest BCUT2D eigenvalue weighted by molar-refractivity contribution is 6.35. The zero-order valence-electron chi connectivity index (χ0n) is 9.42. The minimum atomic E-state index is -0.583. The van der Waals surface area contributed by atoms with E-state index in [1.54, 1.807) is 6.07 Å². The van der Waals surface area contributed by atoms with Crippen LogP contribution in [0.4, 0.5) is 5.69 Å². The maximum absolute atomic E-state index is 12.0. The summed E-state index contributed by atoms with van der Waals surface area (Å²) in [5, 5.41) is 14.9. The molecule has 0 aliphatic rings. The van der Waals surface area contributed by atoms with Gasteiger partial charge in [0.2, 0.25) is 0 Å². The summed E-state index contributed by atoms with van der Waals surface area (Å²) in [6, 6.07) is 4.53. The van der Waals surface area contributed by atoms with Gasteiger partial charge in [-0.25, -0.2) is 0 Å². The summed E-state index contributed by atoms with van der Waals surface area (Å²) in [5.74, 6) is -0.328. The smallest absolute Gasteiger partial charge is 0.292 e. The fourth-order valence-corrected chi connectivity index (χ4v) is 1.87. The van der Waals surface area contributed by atoms with Crippen molar-refractivity contribution < 1.29 is 9.72 Å². The van der Waals surface area contributed by atoms with Gasteiger partial charge < -0.3 is 0 Å². The molecule has 2 aromatic rings. The lowest BCUT2D eigenvalue weighted by atomic mass is 10.1. The molecule has 98 valence electrons. The van der Waals surface area contributed by atoms with Gasteiger partial charge in [-0.05, 0) is 18.2 Å². The summed E-state index contributed by atoms with van der Waals surface area (Å²) >= 11 is 11.7. The summed E-state index contributed by atoms with van der Waals surface area (Å²) in [7, 11) is 0. The monoisotopic (exact) mass is 299 g/mol. The molecule has 0 saturated heterocycles. The van der Waals surface area contributed by atoms with Crippen molar-refractivity contribution >= 4 is 34.7 Å². The molecule has 0 bridgehead atoms. The minimum Gasteiger partial charge on any atom is -0.292 e. The Labute approximate surface area is 117 Å². The van der Waals surface area contributed by atoms with E-state index < -0.39 is 4.92 Å². The second-order valence-electron chi connectivity index (χ2n) is 3.70. The van der Waals surface area contributed by atoms with Crippen LogP contribution in [0.15, 0.2) is 30.6 Å². The molecule has 2 rings (SSSR count). The first-order chi connectivity index (χ1) is 8.97. The Morgan fingerprint density at radius 3 is 2.79 bits per heavy atom. The van der Waals surface area contributed by atoms with Gasteiger partial charge in [0.25, 0.3) is 0 Å². The fourth-order valence-electron chi connectivity index (χ4n) is 1.48. The minimum absolute atomic E-state index is 0.145. The van der Waals surface area contributed by atoms with Gasteiger partial charge in [0.1, 0.15) is 18.9 Å². The number of hydrogen-bond donors (Lipinski definition) is 0. The highest BCUT2D eigenvalue weighted by Gasteiger charge is 2.15. The number of ketones is 1. The predicted molar refractivity (Wildman–Crippen MR) is 69.7 cm³/mol. The second-order valence-corrected chi connectivity index (χ2v) is 4.54. The first kappa shape index (κ1) is 13.5. The number of Topliss-reactive ketones (excluding diaryl/α,β-unsaturated/α-hetero) is 1.